The number of hydrogen-bond acceptors (Lipinski definition) is 6. The molecule has 0 aliphatic carbocycles. The smallest absolute Gasteiger partial charge is 0.294 e. The Morgan fingerprint density at radius 2 is 1.74 bits per heavy atom. The van der Waals surface area contributed by atoms with E-state index in [-0.39, 0.29) is 22.3 Å². The Morgan fingerprint density at radius 3 is 2.45 bits per heavy atom. The minimum atomic E-state index is -0.590. The molecular weight excluding hydrogens is 533 g/mol. The molecule has 4 amide bonds. The molecule has 1 heterocycles. The van der Waals surface area contributed by atoms with Gasteiger partial charge in [-0.15, -0.1) is 0 Å². The van der Waals surface area contributed by atoms with Gasteiger partial charge in [-0.1, -0.05) is 29.8 Å². The summed E-state index contributed by atoms with van der Waals surface area (Å²) >= 11 is 7.00. The first-order valence-corrected chi connectivity index (χ1v) is 12.5. The third-order valence-corrected chi connectivity index (χ3v) is 6.42. The zero-order chi connectivity index (χ0) is 27.2. The summed E-state index contributed by atoms with van der Waals surface area (Å²) in [6, 6.07) is 17.1. The average Bonchev–Trinajstić information content (AvgIpc) is 3.12. The van der Waals surface area contributed by atoms with Crippen LogP contribution in [0.5, 0.6) is 5.75 Å². The van der Waals surface area contributed by atoms with E-state index in [1.807, 2.05) is 13.0 Å². The van der Waals surface area contributed by atoms with Crippen LogP contribution in [0.15, 0.2) is 71.6 Å². The van der Waals surface area contributed by atoms with Crippen molar-refractivity contribution in [3.63, 3.8) is 0 Å². The van der Waals surface area contributed by atoms with Crippen LogP contribution in [0.2, 0.25) is 5.02 Å². The lowest BCUT2D eigenvalue weighted by atomic mass is 10.2. The highest BCUT2D eigenvalue weighted by molar-refractivity contribution is 8.18. The average molecular weight is 554 g/mol. The van der Waals surface area contributed by atoms with Gasteiger partial charge in [0.15, 0.2) is 6.61 Å². The van der Waals surface area contributed by atoms with E-state index in [1.54, 1.807) is 24.3 Å². The molecule has 4 rings (SSSR count). The van der Waals surface area contributed by atoms with Crippen LogP contribution < -0.4 is 15.4 Å². The highest BCUT2D eigenvalue weighted by atomic mass is 35.5. The Bertz CT molecular complexity index is 1440. The molecule has 0 bridgehead atoms. The number of nitrogens with one attached hydrogen (secondary N) is 2. The predicted molar refractivity (Wildman–Crippen MR) is 144 cm³/mol. The number of carbonyl (C=O) groups excluding carboxylic acids is 4. The van der Waals surface area contributed by atoms with Gasteiger partial charge in [-0.05, 0) is 84.4 Å². The second-order valence-electron chi connectivity index (χ2n) is 8.22. The third-order valence-electron chi connectivity index (χ3n) is 5.22. The topological polar surface area (TPSA) is 105 Å². The highest BCUT2D eigenvalue weighted by Gasteiger charge is 2.36. The van der Waals surface area contributed by atoms with Crippen molar-refractivity contribution >= 4 is 63.8 Å². The monoisotopic (exact) mass is 553 g/mol. The first-order valence-electron chi connectivity index (χ1n) is 11.3. The standard InChI is InChI=1S/C27H21ClFN3O5S/c1-16-3-2-4-20(11-16)31-24(33)14-32-26(35)23(38-27(32)36)13-17-5-10-22(21(28)12-17)37-15-25(34)30-19-8-6-18(29)7-9-19/h2-13H,14-15H2,1H3,(H,30,34)(H,31,33)/b23-13-. The lowest BCUT2D eigenvalue weighted by Gasteiger charge is -2.12. The predicted octanol–water partition coefficient (Wildman–Crippen LogP) is 5.48. The molecule has 0 atom stereocenters. The Labute approximate surface area is 226 Å². The second-order valence-corrected chi connectivity index (χ2v) is 9.62. The van der Waals surface area contributed by atoms with Crippen LogP contribution >= 0.6 is 23.4 Å². The van der Waals surface area contributed by atoms with Gasteiger partial charge in [-0.25, -0.2) is 4.39 Å². The number of amides is 4. The van der Waals surface area contributed by atoms with Crippen molar-refractivity contribution in [2.75, 3.05) is 23.8 Å². The minimum absolute atomic E-state index is 0.141. The van der Waals surface area contributed by atoms with Crippen LogP contribution in [0.1, 0.15) is 11.1 Å². The maximum absolute atomic E-state index is 13.0. The molecule has 11 heteroatoms. The van der Waals surface area contributed by atoms with Gasteiger partial charge in [0, 0.05) is 11.4 Å². The molecule has 3 aromatic rings. The fourth-order valence-corrected chi connectivity index (χ4v) is 4.53. The molecule has 0 saturated carbocycles. The van der Waals surface area contributed by atoms with Gasteiger partial charge in [-0.2, -0.15) is 0 Å². The zero-order valence-corrected chi connectivity index (χ0v) is 21.6. The molecule has 1 fully saturated rings. The molecule has 0 spiro atoms. The number of halogens is 2. The molecule has 0 aromatic heterocycles. The van der Waals surface area contributed by atoms with Gasteiger partial charge in [0.1, 0.15) is 18.1 Å². The summed E-state index contributed by atoms with van der Waals surface area (Å²) in [6.45, 7) is 1.14. The first-order chi connectivity index (χ1) is 18.2. The fourth-order valence-electron chi connectivity index (χ4n) is 3.45. The number of aryl methyl sites for hydroxylation is 1. The van der Waals surface area contributed by atoms with Crippen molar-refractivity contribution in [2.24, 2.45) is 0 Å². The summed E-state index contributed by atoms with van der Waals surface area (Å²) in [7, 11) is 0. The van der Waals surface area contributed by atoms with Crippen LogP contribution in [0.25, 0.3) is 6.08 Å². The van der Waals surface area contributed by atoms with Crippen molar-refractivity contribution in [3.05, 3.63) is 93.6 Å². The van der Waals surface area contributed by atoms with E-state index in [0.717, 1.165) is 22.2 Å². The molecule has 194 valence electrons. The van der Waals surface area contributed by atoms with E-state index in [4.69, 9.17) is 16.3 Å². The van der Waals surface area contributed by atoms with Crippen LogP contribution in [-0.2, 0) is 14.4 Å². The van der Waals surface area contributed by atoms with Gasteiger partial charge in [0.25, 0.3) is 17.1 Å². The van der Waals surface area contributed by atoms with Crippen molar-refractivity contribution < 1.29 is 28.3 Å². The summed E-state index contributed by atoms with van der Waals surface area (Å²) in [5.41, 5.74) is 2.47. The second kappa shape index (κ2) is 11.9. The SMILES string of the molecule is Cc1cccc(NC(=O)CN2C(=O)S/C(=C\c3ccc(OCC(=O)Nc4ccc(F)cc4)c(Cl)c3)C2=O)c1. The molecule has 1 aliphatic rings. The van der Waals surface area contributed by atoms with Crippen LogP contribution in [-0.4, -0.2) is 41.0 Å². The highest BCUT2D eigenvalue weighted by Crippen LogP contribution is 2.33. The molecular formula is C27H21ClFN3O5S. The van der Waals surface area contributed by atoms with Gasteiger partial charge < -0.3 is 15.4 Å². The lowest BCUT2D eigenvalue weighted by molar-refractivity contribution is -0.127. The summed E-state index contributed by atoms with van der Waals surface area (Å²) in [5, 5.41) is 4.88. The number of anilines is 2. The van der Waals surface area contributed by atoms with Crippen LogP contribution in [0.3, 0.4) is 0 Å². The lowest BCUT2D eigenvalue weighted by Crippen LogP contribution is -2.36. The van der Waals surface area contributed by atoms with Crippen molar-refractivity contribution in [3.8, 4) is 5.75 Å². The number of ether oxygens (including phenoxy) is 1. The van der Waals surface area contributed by atoms with Gasteiger partial charge in [0.2, 0.25) is 5.91 Å². The number of imide groups is 1. The number of rotatable bonds is 8. The Balaban J connectivity index is 1.34. The van der Waals surface area contributed by atoms with Crippen molar-refractivity contribution in [1.29, 1.82) is 0 Å². The van der Waals surface area contributed by atoms with Crippen LogP contribution in [0, 0.1) is 12.7 Å². The molecule has 0 radical (unpaired) electrons. The Hall–Kier alpha value is -4.15. The summed E-state index contributed by atoms with van der Waals surface area (Å²) in [5.74, 6) is -1.73. The quantitative estimate of drug-likeness (QED) is 0.358. The largest absolute Gasteiger partial charge is 0.482 e. The molecule has 8 nitrogen and oxygen atoms in total. The molecule has 1 aliphatic heterocycles. The first kappa shape index (κ1) is 26.9. The van der Waals surface area contributed by atoms with E-state index in [1.165, 1.54) is 42.5 Å². The molecule has 0 unspecified atom stereocenters. The summed E-state index contributed by atoms with van der Waals surface area (Å²) in [6.07, 6.45) is 1.49. The number of thioether (sulfide) groups is 1. The van der Waals surface area contributed by atoms with Gasteiger partial charge in [-0.3, -0.25) is 24.1 Å². The summed E-state index contributed by atoms with van der Waals surface area (Å²) < 4.78 is 18.4. The van der Waals surface area contributed by atoms with E-state index in [0.29, 0.717) is 16.9 Å². The normalized spacial score (nSPS) is 14.1. The Kier molecular flexibility index (Phi) is 8.45. The molecule has 2 N–H and O–H groups in total. The maximum atomic E-state index is 13.0. The van der Waals surface area contributed by atoms with E-state index in [9.17, 15) is 23.6 Å². The fraction of sp³-hybridized carbons (Fsp3) is 0.111. The number of benzene rings is 3. The van der Waals surface area contributed by atoms with Gasteiger partial charge in [0.05, 0.1) is 9.93 Å². The van der Waals surface area contributed by atoms with Crippen molar-refractivity contribution in [2.45, 2.75) is 6.92 Å². The number of hydrogen-bond donors (Lipinski definition) is 2. The van der Waals surface area contributed by atoms with Crippen LogP contribution in [0.4, 0.5) is 20.6 Å². The molecule has 3 aromatic carbocycles. The summed E-state index contributed by atoms with van der Waals surface area (Å²) in [4.78, 5) is 50.6. The van der Waals surface area contributed by atoms with E-state index < -0.39 is 35.3 Å². The minimum Gasteiger partial charge on any atom is -0.482 e. The number of nitrogens with zero attached hydrogens (tertiary/aromatic N) is 1. The zero-order valence-electron chi connectivity index (χ0n) is 20.0. The maximum Gasteiger partial charge on any atom is 0.294 e. The number of carbonyl (C=O) groups is 4. The Morgan fingerprint density at radius 1 is 1.00 bits per heavy atom. The third kappa shape index (κ3) is 6.99. The van der Waals surface area contributed by atoms with Gasteiger partial charge >= 0.3 is 0 Å². The van der Waals surface area contributed by atoms with Crippen molar-refractivity contribution in [1.82, 2.24) is 4.90 Å². The van der Waals surface area contributed by atoms with E-state index in [2.05, 4.69) is 10.6 Å². The molecule has 38 heavy (non-hydrogen) atoms. The molecule has 1 saturated heterocycles. The van der Waals surface area contributed by atoms with E-state index >= 15 is 0 Å².